The molecule has 0 fully saturated rings. The SMILES string of the molecule is CNCc1cc(S(=O)(=O)NCCCN(C)C(C)C)cs1. The zero-order valence-corrected chi connectivity index (χ0v) is 14.3. The van der Waals surface area contributed by atoms with Gasteiger partial charge in [-0.2, -0.15) is 0 Å². The minimum Gasteiger partial charge on any atom is -0.315 e. The highest BCUT2D eigenvalue weighted by Crippen LogP contribution is 2.18. The standard InChI is InChI=1S/C13H25N3O2S2/c1-11(2)16(4)7-5-6-15-20(17,18)13-8-12(9-14-3)19-10-13/h8,10-11,14-15H,5-7,9H2,1-4H3. The molecule has 0 aliphatic heterocycles. The van der Waals surface area contributed by atoms with E-state index in [0.29, 0.717) is 24.0 Å². The molecule has 2 N–H and O–H groups in total. The zero-order valence-electron chi connectivity index (χ0n) is 12.6. The predicted molar refractivity (Wildman–Crippen MR) is 84.7 cm³/mol. The molecule has 0 radical (unpaired) electrons. The molecule has 0 spiro atoms. The van der Waals surface area contributed by atoms with Crippen molar-refractivity contribution in [3.63, 3.8) is 0 Å². The van der Waals surface area contributed by atoms with Gasteiger partial charge in [0.15, 0.2) is 0 Å². The average molecular weight is 319 g/mol. The fraction of sp³-hybridized carbons (Fsp3) is 0.692. The van der Waals surface area contributed by atoms with Crippen molar-refractivity contribution in [3.05, 3.63) is 16.3 Å². The van der Waals surface area contributed by atoms with E-state index in [-0.39, 0.29) is 0 Å². The van der Waals surface area contributed by atoms with Gasteiger partial charge in [0.25, 0.3) is 0 Å². The molecule has 1 aromatic heterocycles. The summed E-state index contributed by atoms with van der Waals surface area (Å²) >= 11 is 1.46. The quantitative estimate of drug-likeness (QED) is 0.677. The lowest BCUT2D eigenvalue weighted by Crippen LogP contribution is -2.31. The van der Waals surface area contributed by atoms with Crippen molar-refractivity contribution < 1.29 is 8.42 Å². The molecule has 0 amide bonds. The lowest BCUT2D eigenvalue weighted by atomic mass is 10.3. The summed E-state index contributed by atoms with van der Waals surface area (Å²) in [6, 6.07) is 2.21. The first-order chi connectivity index (χ1) is 9.36. The molecule has 0 aliphatic rings. The van der Waals surface area contributed by atoms with Gasteiger partial charge in [-0.05, 0) is 47.0 Å². The molecular weight excluding hydrogens is 294 g/mol. The third-order valence-electron chi connectivity index (χ3n) is 3.15. The van der Waals surface area contributed by atoms with Crippen LogP contribution in [0.4, 0.5) is 0 Å². The second-order valence-corrected chi connectivity index (χ2v) is 7.87. The van der Waals surface area contributed by atoms with Gasteiger partial charge in [-0.15, -0.1) is 11.3 Å². The van der Waals surface area contributed by atoms with Crippen LogP contribution in [0.3, 0.4) is 0 Å². The molecule has 0 saturated carbocycles. The molecule has 20 heavy (non-hydrogen) atoms. The fourth-order valence-corrected chi connectivity index (χ4v) is 4.01. The molecule has 0 aliphatic carbocycles. The highest BCUT2D eigenvalue weighted by atomic mass is 32.2. The van der Waals surface area contributed by atoms with Crippen LogP contribution >= 0.6 is 11.3 Å². The van der Waals surface area contributed by atoms with Crippen LogP contribution in [-0.2, 0) is 16.6 Å². The summed E-state index contributed by atoms with van der Waals surface area (Å²) in [5, 5.41) is 4.70. The summed E-state index contributed by atoms with van der Waals surface area (Å²) in [6.07, 6.45) is 0.807. The number of hydrogen-bond donors (Lipinski definition) is 2. The van der Waals surface area contributed by atoms with Crippen LogP contribution < -0.4 is 10.0 Å². The Labute approximate surface area is 126 Å². The van der Waals surface area contributed by atoms with Crippen molar-refractivity contribution in [1.82, 2.24) is 14.9 Å². The summed E-state index contributed by atoms with van der Waals surface area (Å²) < 4.78 is 26.8. The van der Waals surface area contributed by atoms with Crippen LogP contribution in [0.15, 0.2) is 16.3 Å². The van der Waals surface area contributed by atoms with E-state index in [1.54, 1.807) is 11.4 Å². The summed E-state index contributed by atoms with van der Waals surface area (Å²) in [5.41, 5.74) is 0. The molecular formula is C13H25N3O2S2. The van der Waals surface area contributed by atoms with Gasteiger partial charge >= 0.3 is 0 Å². The first-order valence-electron chi connectivity index (χ1n) is 6.78. The Bertz CT molecular complexity index is 497. The number of hydrogen-bond acceptors (Lipinski definition) is 5. The summed E-state index contributed by atoms with van der Waals surface area (Å²) in [7, 11) is 0.526. The van der Waals surface area contributed by atoms with Gasteiger partial charge in [-0.25, -0.2) is 13.1 Å². The van der Waals surface area contributed by atoms with Gasteiger partial charge in [0.2, 0.25) is 10.0 Å². The smallest absolute Gasteiger partial charge is 0.241 e. The molecule has 0 unspecified atom stereocenters. The molecule has 0 aromatic carbocycles. The minimum absolute atomic E-state index is 0.366. The van der Waals surface area contributed by atoms with Crippen molar-refractivity contribution in [3.8, 4) is 0 Å². The van der Waals surface area contributed by atoms with E-state index in [4.69, 9.17) is 0 Å². The van der Waals surface area contributed by atoms with E-state index in [0.717, 1.165) is 17.8 Å². The Morgan fingerprint density at radius 1 is 1.40 bits per heavy atom. The lowest BCUT2D eigenvalue weighted by molar-refractivity contribution is 0.271. The Hall–Kier alpha value is -0.470. The predicted octanol–water partition coefficient (Wildman–Crippen LogP) is 1.48. The fourth-order valence-electron chi connectivity index (χ4n) is 1.64. The van der Waals surface area contributed by atoms with Crippen LogP contribution in [0.25, 0.3) is 0 Å². The van der Waals surface area contributed by atoms with E-state index >= 15 is 0 Å². The van der Waals surface area contributed by atoms with Crippen molar-refractivity contribution in [2.75, 3.05) is 27.2 Å². The minimum atomic E-state index is -3.36. The van der Waals surface area contributed by atoms with E-state index < -0.39 is 10.0 Å². The van der Waals surface area contributed by atoms with E-state index in [1.807, 2.05) is 14.1 Å². The Kier molecular flexibility index (Phi) is 7.11. The number of nitrogens with one attached hydrogen (secondary N) is 2. The maximum atomic E-state index is 12.1. The highest BCUT2D eigenvalue weighted by molar-refractivity contribution is 7.89. The molecule has 1 aromatic rings. The van der Waals surface area contributed by atoms with Crippen molar-refractivity contribution in [2.45, 2.75) is 37.8 Å². The Morgan fingerprint density at radius 3 is 2.70 bits per heavy atom. The second-order valence-electron chi connectivity index (χ2n) is 5.10. The van der Waals surface area contributed by atoms with Crippen LogP contribution in [0.1, 0.15) is 25.1 Å². The van der Waals surface area contributed by atoms with Gasteiger partial charge in [0, 0.05) is 29.4 Å². The van der Waals surface area contributed by atoms with Crippen molar-refractivity contribution in [1.29, 1.82) is 0 Å². The van der Waals surface area contributed by atoms with Crippen LogP contribution in [0.5, 0.6) is 0 Å². The Balaban J connectivity index is 2.45. The lowest BCUT2D eigenvalue weighted by Gasteiger charge is -2.20. The molecule has 1 rings (SSSR count). The summed E-state index contributed by atoms with van der Waals surface area (Å²) in [4.78, 5) is 3.58. The van der Waals surface area contributed by atoms with Gasteiger partial charge in [-0.3, -0.25) is 0 Å². The highest BCUT2D eigenvalue weighted by Gasteiger charge is 2.15. The summed E-state index contributed by atoms with van der Waals surface area (Å²) in [5.74, 6) is 0. The number of rotatable bonds is 9. The second kappa shape index (κ2) is 8.09. The van der Waals surface area contributed by atoms with Crippen LogP contribution in [0, 0.1) is 0 Å². The molecule has 1 heterocycles. The topological polar surface area (TPSA) is 61.4 Å². The van der Waals surface area contributed by atoms with Crippen LogP contribution in [-0.4, -0.2) is 46.5 Å². The largest absolute Gasteiger partial charge is 0.315 e. The third kappa shape index (κ3) is 5.49. The maximum absolute atomic E-state index is 12.1. The third-order valence-corrected chi connectivity index (χ3v) is 5.68. The number of sulfonamides is 1. The molecule has 0 bridgehead atoms. The van der Waals surface area contributed by atoms with Gasteiger partial charge in [-0.1, -0.05) is 0 Å². The Morgan fingerprint density at radius 2 is 2.10 bits per heavy atom. The van der Waals surface area contributed by atoms with Gasteiger partial charge in [0.05, 0.1) is 4.90 Å². The first kappa shape index (κ1) is 17.6. The monoisotopic (exact) mass is 319 g/mol. The molecule has 116 valence electrons. The normalized spacial score (nSPS) is 12.5. The number of nitrogens with zero attached hydrogens (tertiary/aromatic N) is 1. The summed E-state index contributed by atoms with van der Waals surface area (Å²) in [6.45, 7) is 6.29. The zero-order chi connectivity index (χ0) is 15.2. The van der Waals surface area contributed by atoms with E-state index in [1.165, 1.54) is 11.3 Å². The van der Waals surface area contributed by atoms with E-state index in [9.17, 15) is 8.42 Å². The first-order valence-corrected chi connectivity index (χ1v) is 9.15. The van der Waals surface area contributed by atoms with Crippen molar-refractivity contribution in [2.24, 2.45) is 0 Å². The average Bonchev–Trinajstić information content (AvgIpc) is 2.84. The van der Waals surface area contributed by atoms with Gasteiger partial charge < -0.3 is 10.2 Å². The van der Waals surface area contributed by atoms with Gasteiger partial charge in [0.1, 0.15) is 0 Å². The van der Waals surface area contributed by atoms with Crippen molar-refractivity contribution >= 4 is 21.4 Å². The molecule has 0 saturated heterocycles. The van der Waals surface area contributed by atoms with E-state index in [2.05, 4.69) is 28.8 Å². The van der Waals surface area contributed by atoms with Crippen LogP contribution in [0.2, 0.25) is 0 Å². The molecule has 5 nitrogen and oxygen atoms in total. The maximum Gasteiger partial charge on any atom is 0.241 e. The molecule has 0 atom stereocenters. The number of thiophene rings is 1. The molecule has 7 heteroatoms.